The van der Waals surface area contributed by atoms with Crippen molar-refractivity contribution in [2.24, 2.45) is 0 Å². The van der Waals surface area contributed by atoms with Crippen molar-refractivity contribution in [2.45, 2.75) is 13.5 Å². The van der Waals surface area contributed by atoms with Crippen molar-refractivity contribution in [3.05, 3.63) is 46.0 Å². The molecule has 0 aliphatic heterocycles. The third-order valence-corrected chi connectivity index (χ3v) is 2.54. The molecule has 0 aliphatic carbocycles. The Bertz CT molecular complexity index is 479. The summed E-state index contributed by atoms with van der Waals surface area (Å²) in [5, 5.41) is 5.10. The SMILES string of the molecule is Cc1ccn(Cc2ccc(Cl)nc2Cl)n1. The molecule has 0 atom stereocenters. The lowest BCUT2D eigenvalue weighted by Gasteiger charge is -2.03. The maximum Gasteiger partial charge on any atom is 0.135 e. The third kappa shape index (κ3) is 2.49. The number of rotatable bonds is 2. The number of pyridine rings is 1. The topological polar surface area (TPSA) is 30.7 Å². The molecule has 2 aromatic rings. The largest absolute Gasteiger partial charge is 0.268 e. The Morgan fingerprint density at radius 3 is 2.67 bits per heavy atom. The fourth-order valence-electron chi connectivity index (χ4n) is 1.28. The van der Waals surface area contributed by atoms with E-state index in [0.29, 0.717) is 16.9 Å². The predicted molar refractivity (Wildman–Crippen MR) is 60.3 cm³/mol. The first-order valence-electron chi connectivity index (χ1n) is 4.46. The lowest BCUT2D eigenvalue weighted by atomic mass is 10.3. The quantitative estimate of drug-likeness (QED) is 0.758. The van der Waals surface area contributed by atoms with Crippen LogP contribution in [0.5, 0.6) is 0 Å². The average Bonchev–Trinajstić information content (AvgIpc) is 2.56. The third-order valence-electron chi connectivity index (χ3n) is 2.00. The summed E-state index contributed by atoms with van der Waals surface area (Å²) in [5.41, 5.74) is 1.89. The second-order valence-electron chi connectivity index (χ2n) is 3.24. The molecule has 0 saturated carbocycles. The molecule has 0 aliphatic rings. The first-order chi connectivity index (χ1) is 7.15. The summed E-state index contributed by atoms with van der Waals surface area (Å²) < 4.78 is 1.81. The van der Waals surface area contributed by atoms with Crippen molar-refractivity contribution in [3.63, 3.8) is 0 Å². The van der Waals surface area contributed by atoms with Gasteiger partial charge in [-0.1, -0.05) is 29.3 Å². The normalized spacial score (nSPS) is 10.6. The van der Waals surface area contributed by atoms with E-state index in [-0.39, 0.29) is 0 Å². The van der Waals surface area contributed by atoms with Gasteiger partial charge in [0, 0.05) is 11.8 Å². The van der Waals surface area contributed by atoms with Gasteiger partial charge in [0.25, 0.3) is 0 Å². The maximum absolute atomic E-state index is 5.95. The number of aromatic nitrogens is 3. The highest BCUT2D eigenvalue weighted by molar-refractivity contribution is 6.32. The molecule has 0 radical (unpaired) electrons. The molecule has 2 aromatic heterocycles. The highest BCUT2D eigenvalue weighted by Crippen LogP contribution is 2.17. The van der Waals surface area contributed by atoms with Gasteiger partial charge >= 0.3 is 0 Å². The van der Waals surface area contributed by atoms with Crippen LogP contribution < -0.4 is 0 Å². The summed E-state index contributed by atoms with van der Waals surface area (Å²) >= 11 is 11.7. The number of hydrogen-bond acceptors (Lipinski definition) is 2. The van der Waals surface area contributed by atoms with E-state index in [2.05, 4.69) is 10.1 Å². The van der Waals surface area contributed by atoms with E-state index in [1.165, 1.54) is 0 Å². The summed E-state index contributed by atoms with van der Waals surface area (Å²) in [4.78, 5) is 3.97. The Kier molecular flexibility index (Phi) is 2.93. The molecule has 3 nitrogen and oxygen atoms in total. The summed E-state index contributed by atoms with van der Waals surface area (Å²) in [5.74, 6) is 0. The highest BCUT2D eigenvalue weighted by Gasteiger charge is 2.04. The summed E-state index contributed by atoms with van der Waals surface area (Å²) in [6.07, 6.45) is 1.90. The second kappa shape index (κ2) is 4.21. The van der Waals surface area contributed by atoms with Crippen LogP contribution in [0.2, 0.25) is 10.3 Å². The molecule has 78 valence electrons. The van der Waals surface area contributed by atoms with Crippen LogP contribution in [0.15, 0.2) is 24.4 Å². The van der Waals surface area contributed by atoms with Gasteiger partial charge in [0.2, 0.25) is 0 Å². The molecule has 0 N–H and O–H groups in total. The van der Waals surface area contributed by atoms with Crippen LogP contribution in [0.4, 0.5) is 0 Å². The zero-order valence-electron chi connectivity index (χ0n) is 8.11. The lowest BCUT2D eigenvalue weighted by molar-refractivity contribution is 0.678. The smallest absolute Gasteiger partial charge is 0.135 e. The van der Waals surface area contributed by atoms with Gasteiger partial charge in [0.15, 0.2) is 0 Å². The van der Waals surface area contributed by atoms with Crippen molar-refractivity contribution >= 4 is 23.2 Å². The lowest BCUT2D eigenvalue weighted by Crippen LogP contribution is -2.01. The molecular formula is C10H9Cl2N3. The van der Waals surface area contributed by atoms with Gasteiger partial charge in [0.05, 0.1) is 12.2 Å². The maximum atomic E-state index is 5.95. The van der Waals surface area contributed by atoms with Crippen LogP contribution in [-0.2, 0) is 6.54 Å². The van der Waals surface area contributed by atoms with E-state index in [1.54, 1.807) is 6.07 Å². The van der Waals surface area contributed by atoms with Gasteiger partial charge < -0.3 is 0 Å². The zero-order valence-corrected chi connectivity index (χ0v) is 9.63. The van der Waals surface area contributed by atoms with Gasteiger partial charge in [-0.3, -0.25) is 4.68 Å². The first kappa shape index (κ1) is 10.5. The molecule has 0 spiro atoms. The molecule has 5 heteroatoms. The summed E-state index contributed by atoms with van der Waals surface area (Å²) in [6.45, 7) is 2.55. The number of halogens is 2. The fourth-order valence-corrected chi connectivity index (χ4v) is 1.69. The second-order valence-corrected chi connectivity index (χ2v) is 3.98. The number of nitrogens with zero attached hydrogens (tertiary/aromatic N) is 3. The minimum atomic E-state index is 0.403. The van der Waals surface area contributed by atoms with E-state index in [1.807, 2.05) is 29.9 Å². The van der Waals surface area contributed by atoms with E-state index < -0.39 is 0 Å². The molecule has 2 rings (SSSR count). The molecule has 0 aromatic carbocycles. The van der Waals surface area contributed by atoms with Crippen molar-refractivity contribution in [3.8, 4) is 0 Å². The van der Waals surface area contributed by atoms with Crippen LogP contribution in [0.1, 0.15) is 11.3 Å². The first-order valence-corrected chi connectivity index (χ1v) is 5.22. The van der Waals surface area contributed by atoms with Gasteiger partial charge in [0.1, 0.15) is 10.3 Å². The van der Waals surface area contributed by atoms with Crippen molar-refractivity contribution < 1.29 is 0 Å². The van der Waals surface area contributed by atoms with Crippen molar-refractivity contribution in [2.75, 3.05) is 0 Å². The molecule has 0 unspecified atom stereocenters. The Morgan fingerprint density at radius 2 is 2.07 bits per heavy atom. The zero-order chi connectivity index (χ0) is 10.8. The predicted octanol–water partition coefficient (Wildman–Crippen LogP) is 2.94. The Morgan fingerprint density at radius 1 is 1.27 bits per heavy atom. The Hall–Kier alpha value is -1.06. The number of hydrogen-bond donors (Lipinski definition) is 0. The minimum Gasteiger partial charge on any atom is -0.268 e. The van der Waals surface area contributed by atoms with Crippen molar-refractivity contribution in [1.82, 2.24) is 14.8 Å². The molecule has 2 heterocycles. The average molecular weight is 242 g/mol. The van der Waals surface area contributed by atoms with Gasteiger partial charge in [-0.05, 0) is 19.1 Å². The van der Waals surface area contributed by atoms with Crippen LogP contribution in [0.3, 0.4) is 0 Å². The molecule has 0 amide bonds. The van der Waals surface area contributed by atoms with E-state index in [4.69, 9.17) is 23.2 Å². The molecule has 0 bridgehead atoms. The van der Waals surface area contributed by atoms with E-state index >= 15 is 0 Å². The fraction of sp³-hybridized carbons (Fsp3) is 0.200. The summed E-state index contributed by atoms with van der Waals surface area (Å²) in [6, 6.07) is 5.52. The van der Waals surface area contributed by atoms with Crippen LogP contribution >= 0.6 is 23.2 Å². The van der Waals surface area contributed by atoms with Gasteiger partial charge in [-0.25, -0.2) is 4.98 Å². The van der Waals surface area contributed by atoms with E-state index in [9.17, 15) is 0 Å². The number of aryl methyl sites for hydroxylation is 1. The molecular weight excluding hydrogens is 233 g/mol. The standard InChI is InChI=1S/C10H9Cl2N3/c1-7-4-5-15(14-7)6-8-2-3-9(11)13-10(8)12/h2-5H,6H2,1H3. The Labute approximate surface area is 97.7 Å². The minimum absolute atomic E-state index is 0.403. The highest BCUT2D eigenvalue weighted by atomic mass is 35.5. The van der Waals surface area contributed by atoms with Crippen LogP contribution in [0, 0.1) is 6.92 Å². The van der Waals surface area contributed by atoms with Crippen molar-refractivity contribution in [1.29, 1.82) is 0 Å². The Balaban J connectivity index is 2.24. The summed E-state index contributed by atoms with van der Waals surface area (Å²) in [7, 11) is 0. The molecule has 15 heavy (non-hydrogen) atoms. The van der Waals surface area contributed by atoms with Gasteiger partial charge in [-0.2, -0.15) is 5.10 Å². The van der Waals surface area contributed by atoms with Crippen LogP contribution in [-0.4, -0.2) is 14.8 Å². The van der Waals surface area contributed by atoms with E-state index in [0.717, 1.165) is 11.3 Å². The molecule has 0 fully saturated rings. The monoisotopic (exact) mass is 241 g/mol. The molecule has 0 saturated heterocycles. The van der Waals surface area contributed by atoms with Crippen LogP contribution in [0.25, 0.3) is 0 Å². The van der Waals surface area contributed by atoms with Gasteiger partial charge in [-0.15, -0.1) is 0 Å².